The number of ether oxygens (including phenoxy) is 1. The molecule has 1 aliphatic heterocycles. The number of hydrogen-bond donors (Lipinski definition) is 2. The molecule has 3 nitrogen and oxygen atoms in total. The summed E-state index contributed by atoms with van der Waals surface area (Å²) in [5.74, 6) is -0.186. The highest BCUT2D eigenvalue weighted by Gasteiger charge is 2.21. The van der Waals surface area contributed by atoms with Crippen LogP contribution in [0.25, 0.3) is 0 Å². The summed E-state index contributed by atoms with van der Waals surface area (Å²) in [4.78, 5) is 0. The van der Waals surface area contributed by atoms with Crippen LogP contribution in [-0.4, -0.2) is 38.9 Å². The lowest BCUT2D eigenvalue weighted by molar-refractivity contribution is 0.0287. The molecule has 1 fully saturated rings. The summed E-state index contributed by atoms with van der Waals surface area (Å²) in [6, 6.07) is 6.75. The van der Waals surface area contributed by atoms with Crippen LogP contribution < -0.4 is 10.6 Å². The minimum atomic E-state index is -0.186. The Hall–Kier alpha value is -0.970. The zero-order valence-electron chi connectivity index (χ0n) is 11.7. The van der Waals surface area contributed by atoms with Gasteiger partial charge in [0, 0.05) is 31.6 Å². The fourth-order valence-electron chi connectivity index (χ4n) is 2.30. The van der Waals surface area contributed by atoms with Crippen LogP contribution in [0.2, 0.25) is 0 Å². The fourth-order valence-corrected chi connectivity index (χ4v) is 2.30. The smallest absolute Gasteiger partial charge is 0.123 e. The zero-order valence-corrected chi connectivity index (χ0v) is 11.7. The standard InChI is InChI=1S/C15H23FN2O/c1-15(2,12-3-5-13(16)6-4-12)11-18-10-14-9-17-7-8-19-14/h3-6,14,17-18H,7-11H2,1-2H3. The highest BCUT2D eigenvalue weighted by molar-refractivity contribution is 5.24. The number of morpholine rings is 1. The van der Waals surface area contributed by atoms with Gasteiger partial charge in [-0.3, -0.25) is 0 Å². The molecule has 1 aromatic carbocycles. The van der Waals surface area contributed by atoms with Crippen LogP contribution >= 0.6 is 0 Å². The summed E-state index contributed by atoms with van der Waals surface area (Å²) >= 11 is 0. The molecule has 0 aliphatic carbocycles. The first-order valence-electron chi connectivity index (χ1n) is 6.87. The monoisotopic (exact) mass is 266 g/mol. The lowest BCUT2D eigenvalue weighted by atomic mass is 9.84. The molecule has 1 heterocycles. The third-order valence-corrected chi connectivity index (χ3v) is 3.57. The molecular formula is C15H23FN2O. The fraction of sp³-hybridized carbons (Fsp3) is 0.600. The van der Waals surface area contributed by atoms with Crippen molar-refractivity contribution in [2.24, 2.45) is 0 Å². The van der Waals surface area contributed by atoms with E-state index >= 15 is 0 Å². The van der Waals surface area contributed by atoms with Crippen LogP contribution in [0.1, 0.15) is 19.4 Å². The van der Waals surface area contributed by atoms with Gasteiger partial charge in [-0.25, -0.2) is 4.39 Å². The van der Waals surface area contributed by atoms with E-state index in [9.17, 15) is 4.39 Å². The van der Waals surface area contributed by atoms with E-state index in [1.165, 1.54) is 12.1 Å². The topological polar surface area (TPSA) is 33.3 Å². The summed E-state index contributed by atoms with van der Waals surface area (Å²) in [7, 11) is 0. The molecule has 4 heteroatoms. The van der Waals surface area contributed by atoms with E-state index in [1.54, 1.807) is 0 Å². The van der Waals surface area contributed by atoms with E-state index in [0.717, 1.165) is 38.3 Å². The van der Waals surface area contributed by atoms with Crippen molar-refractivity contribution in [3.05, 3.63) is 35.6 Å². The lowest BCUT2D eigenvalue weighted by Gasteiger charge is -2.28. The summed E-state index contributed by atoms with van der Waals surface area (Å²) in [6.45, 7) is 8.64. The third kappa shape index (κ3) is 4.27. The van der Waals surface area contributed by atoms with Crippen molar-refractivity contribution >= 4 is 0 Å². The summed E-state index contributed by atoms with van der Waals surface area (Å²) in [5, 5.41) is 6.76. The number of hydrogen-bond acceptors (Lipinski definition) is 3. The van der Waals surface area contributed by atoms with Crippen LogP contribution in [0.4, 0.5) is 4.39 Å². The zero-order chi connectivity index (χ0) is 13.7. The van der Waals surface area contributed by atoms with Gasteiger partial charge in [0.05, 0.1) is 12.7 Å². The summed E-state index contributed by atoms with van der Waals surface area (Å²) in [6.07, 6.45) is 0.248. The van der Waals surface area contributed by atoms with Crippen molar-refractivity contribution in [3.8, 4) is 0 Å². The van der Waals surface area contributed by atoms with Crippen LogP contribution in [0, 0.1) is 5.82 Å². The van der Waals surface area contributed by atoms with E-state index in [0.29, 0.717) is 0 Å². The largest absolute Gasteiger partial charge is 0.374 e. The van der Waals surface area contributed by atoms with Crippen molar-refractivity contribution in [2.45, 2.75) is 25.4 Å². The molecule has 106 valence electrons. The molecule has 0 amide bonds. The SMILES string of the molecule is CC(C)(CNCC1CNCCO1)c1ccc(F)cc1. The Kier molecular flexibility index (Phi) is 4.91. The number of halogens is 1. The normalized spacial score (nSPS) is 20.5. The Bertz CT molecular complexity index is 386. The third-order valence-electron chi connectivity index (χ3n) is 3.57. The number of nitrogens with one attached hydrogen (secondary N) is 2. The Labute approximate surface area is 114 Å². The highest BCUT2D eigenvalue weighted by atomic mass is 19.1. The number of rotatable bonds is 5. The van der Waals surface area contributed by atoms with Gasteiger partial charge in [-0.15, -0.1) is 0 Å². The van der Waals surface area contributed by atoms with Crippen molar-refractivity contribution < 1.29 is 9.13 Å². The van der Waals surface area contributed by atoms with Crippen molar-refractivity contribution in [1.82, 2.24) is 10.6 Å². The second kappa shape index (κ2) is 6.46. The van der Waals surface area contributed by atoms with Gasteiger partial charge in [0.15, 0.2) is 0 Å². The van der Waals surface area contributed by atoms with Gasteiger partial charge in [-0.1, -0.05) is 26.0 Å². The minimum absolute atomic E-state index is 0.0181. The molecule has 1 aliphatic rings. The van der Waals surface area contributed by atoms with E-state index in [-0.39, 0.29) is 17.3 Å². The quantitative estimate of drug-likeness (QED) is 0.851. The second-order valence-electron chi connectivity index (χ2n) is 5.72. The van der Waals surface area contributed by atoms with Gasteiger partial charge < -0.3 is 15.4 Å². The van der Waals surface area contributed by atoms with Crippen molar-refractivity contribution in [1.29, 1.82) is 0 Å². The average molecular weight is 266 g/mol. The van der Waals surface area contributed by atoms with E-state index in [2.05, 4.69) is 24.5 Å². The highest BCUT2D eigenvalue weighted by Crippen LogP contribution is 2.22. The molecule has 0 saturated carbocycles. The predicted octanol–water partition coefficient (Wildman–Crippen LogP) is 1.68. The van der Waals surface area contributed by atoms with Gasteiger partial charge in [-0.05, 0) is 17.7 Å². The molecule has 1 atom stereocenters. The maximum atomic E-state index is 12.9. The van der Waals surface area contributed by atoms with Crippen molar-refractivity contribution in [3.63, 3.8) is 0 Å². The molecule has 19 heavy (non-hydrogen) atoms. The molecule has 1 unspecified atom stereocenters. The van der Waals surface area contributed by atoms with Gasteiger partial charge in [0.1, 0.15) is 5.82 Å². The first-order chi connectivity index (χ1) is 9.08. The van der Waals surface area contributed by atoms with Gasteiger partial charge >= 0.3 is 0 Å². The maximum absolute atomic E-state index is 12.9. The van der Waals surface area contributed by atoms with Crippen molar-refractivity contribution in [2.75, 3.05) is 32.8 Å². The molecule has 0 bridgehead atoms. The Balaban J connectivity index is 1.81. The van der Waals surface area contributed by atoms with E-state index in [1.807, 2.05) is 12.1 Å². The van der Waals surface area contributed by atoms with E-state index < -0.39 is 0 Å². The Morgan fingerprint density at radius 1 is 1.37 bits per heavy atom. The number of benzene rings is 1. The minimum Gasteiger partial charge on any atom is -0.374 e. The van der Waals surface area contributed by atoms with Crippen LogP contribution in [0.15, 0.2) is 24.3 Å². The maximum Gasteiger partial charge on any atom is 0.123 e. The summed E-state index contributed by atoms with van der Waals surface area (Å²) in [5.41, 5.74) is 1.12. The molecule has 1 saturated heterocycles. The molecule has 0 radical (unpaired) electrons. The van der Waals surface area contributed by atoms with Gasteiger partial charge in [0.25, 0.3) is 0 Å². The molecule has 0 spiro atoms. The lowest BCUT2D eigenvalue weighted by Crippen LogP contribution is -2.46. The van der Waals surface area contributed by atoms with E-state index in [4.69, 9.17) is 4.74 Å². The first-order valence-corrected chi connectivity index (χ1v) is 6.87. The molecular weight excluding hydrogens is 243 g/mol. The predicted molar refractivity (Wildman–Crippen MR) is 74.9 cm³/mol. The van der Waals surface area contributed by atoms with Crippen LogP contribution in [-0.2, 0) is 10.2 Å². The van der Waals surface area contributed by atoms with Gasteiger partial charge in [0.2, 0.25) is 0 Å². The first kappa shape index (κ1) is 14.4. The molecule has 1 aromatic rings. The average Bonchev–Trinajstić information content (AvgIpc) is 2.40. The van der Waals surface area contributed by atoms with Crippen LogP contribution in [0.3, 0.4) is 0 Å². The summed E-state index contributed by atoms with van der Waals surface area (Å²) < 4.78 is 18.6. The Morgan fingerprint density at radius 2 is 2.11 bits per heavy atom. The molecule has 0 aromatic heterocycles. The van der Waals surface area contributed by atoms with Gasteiger partial charge in [-0.2, -0.15) is 0 Å². The Morgan fingerprint density at radius 3 is 2.74 bits per heavy atom. The van der Waals surface area contributed by atoms with Crippen LogP contribution in [0.5, 0.6) is 0 Å². The molecule has 2 rings (SSSR count). The second-order valence-corrected chi connectivity index (χ2v) is 5.72. The molecule has 2 N–H and O–H groups in total.